The van der Waals surface area contributed by atoms with Gasteiger partial charge in [-0.05, 0) is 89.1 Å². The van der Waals surface area contributed by atoms with Crippen molar-refractivity contribution >= 4 is 23.4 Å². The lowest BCUT2D eigenvalue weighted by atomic mass is 9.91. The lowest BCUT2D eigenvalue weighted by molar-refractivity contribution is 0.111. The van der Waals surface area contributed by atoms with Gasteiger partial charge in [-0.1, -0.05) is 28.9 Å². The Labute approximate surface area is 164 Å². The van der Waals surface area contributed by atoms with Crippen LogP contribution in [0.3, 0.4) is 0 Å². The van der Waals surface area contributed by atoms with E-state index in [4.69, 9.17) is 16.4 Å². The molecular weight excluding hydrogens is 344 g/mol. The van der Waals surface area contributed by atoms with Crippen LogP contribution < -0.4 is 0 Å². The van der Waals surface area contributed by atoms with Gasteiger partial charge in [0.1, 0.15) is 6.61 Å². The number of nitrogens with zero attached hydrogens (tertiary/aromatic N) is 2. The van der Waals surface area contributed by atoms with E-state index in [0.717, 1.165) is 36.5 Å². The highest BCUT2D eigenvalue weighted by Gasteiger charge is 2.15. The van der Waals surface area contributed by atoms with Crippen LogP contribution in [-0.4, -0.2) is 35.8 Å². The Hall–Kier alpha value is -1.32. The third kappa shape index (κ3) is 6.77. The summed E-state index contributed by atoms with van der Waals surface area (Å²) < 4.78 is 0. The van der Waals surface area contributed by atoms with Crippen LogP contribution >= 0.6 is 11.6 Å². The van der Waals surface area contributed by atoms with Gasteiger partial charge in [-0.25, -0.2) is 0 Å². The van der Waals surface area contributed by atoms with Crippen LogP contribution in [0.4, 0.5) is 0 Å². The van der Waals surface area contributed by atoms with Gasteiger partial charge in [0.15, 0.2) is 0 Å². The van der Waals surface area contributed by atoms with Crippen molar-refractivity contribution in [2.45, 2.75) is 71.9 Å². The molecular formula is C22H33ClN2O. The minimum absolute atomic E-state index is 0.563. The van der Waals surface area contributed by atoms with Crippen molar-refractivity contribution in [3.63, 3.8) is 0 Å². The molecule has 0 saturated heterocycles. The molecule has 1 aromatic carbocycles. The molecule has 3 nitrogen and oxygen atoms in total. The highest BCUT2D eigenvalue weighted by atomic mass is 35.5. The van der Waals surface area contributed by atoms with E-state index >= 15 is 0 Å². The van der Waals surface area contributed by atoms with E-state index in [0.29, 0.717) is 18.7 Å². The first-order chi connectivity index (χ1) is 12.5. The van der Waals surface area contributed by atoms with Crippen LogP contribution in [0.5, 0.6) is 0 Å². The molecule has 0 amide bonds. The number of halogens is 1. The summed E-state index contributed by atoms with van der Waals surface area (Å²) in [5.74, 6) is 0. The topological polar surface area (TPSA) is 24.8 Å². The lowest BCUT2D eigenvalue weighted by Crippen LogP contribution is -2.38. The van der Waals surface area contributed by atoms with Crippen molar-refractivity contribution < 1.29 is 4.84 Å². The predicted octanol–water partition coefficient (Wildman–Crippen LogP) is 6.18. The van der Waals surface area contributed by atoms with Crippen LogP contribution in [0.2, 0.25) is 5.02 Å². The molecule has 0 aromatic heterocycles. The van der Waals surface area contributed by atoms with Gasteiger partial charge in [0.2, 0.25) is 0 Å². The molecule has 1 fully saturated rings. The van der Waals surface area contributed by atoms with Gasteiger partial charge < -0.3 is 4.84 Å². The second-order valence-corrected chi connectivity index (χ2v) is 8.01. The lowest BCUT2D eigenvalue weighted by Gasteiger charge is -2.30. The molecule has 1 saturated carbocycles. The summed E-state index contributed by atoms with van der Waals surface area (Å²) in [7, 11) is 0. The van der Waals surface area contributed by atoms with Crippen molar-refractivity contribution in [3.8, 4) is 0 Å². The molecule has 0 bridgehead atoms. The van der Waals surface area contributed by atoms with Crippen molar-refractivity contribution in [1.29, 1.82) is 0 Å². The quantitative estimate of drug-likeness (QED) is 0.399. The summed E-state index contributed by atoms with van der Waals surface area (Å²) in [6, 6.07) is 9.09. The second-order valence-electron chi connectivity index (χ2n) is 7.58. The van der Waals surface area contributed by atoms with Gasteiger partial charge in [0, 0.05) is 23.7 Å². The van der Waals surface area contributed by atoms with E-state index in [1.807, 2.05) is 12.1 Å². The number of hydrogen-bond donors (Lipinski definition) is 0. The minimum Gasteiger partial charge on any atom is -0.396 e. The molecule has 0 spiro atoms. The Kier molecular flexibility index (Phi) is 8.67. The third-order valence-electron chi connectivity index (χ3n) is 4.84. The summed E-state index contributed by atoms with van der Waals surface area (Å²) in [6.07, 6.45) is 7.70. The molecule has 0 heterocycles. The number of benzene rings is 1. The zero-order valence-corrected chi connectivity index (χ0v) is 17.4. The van der Waals surface area contributed by atoms with Gasteiger partial charge in [-0.2, -0.15) is 0 Å². The summed E-state index contributed by atoms with van der Waals surface area (Å²) in [4.78, 5) is 8.16. The fourth-order valence-corrected chi connectivity index (χ4v) is 3.61. The van der Waals surface area contributed by atoms with E-state index < -0.39 is 0 Å². The maximum absolute atomic E-state index is 5.97. The number of allylic oxidation sites excluding steroid dienone is 1. The molecule has 144 valence electrons. The zero-order chi connectivity index (χ0) is 18.9. The van der Waals surface area contributed by atoms with E-state index in [2.05, 4.69) is 56.0 Å². The molecule has 26 heavy (non-hydrogen) atoms. The zero-order valence-electron chi connectivity index (χ0n) is 16.7. The van der Waals surface area contributed by atoms with Crippen molar-refractivity contribution in [2.24, 2.45) is 5.16 Å². The first-order valence-corrected chi connectivity index (χ1v) is 10.3. The Morgan fingerprint density at radius 1 is 1.08 bits per heavy atom. The summed E-state index contributed by atoms with van der Waals surface area (Å²) >= 11 is 5.97. The van der Waals surface area contributed by atoms with Crippen molar-refractivity contribution in [2.75, 3.05) is 13.2 Å². The van der Waals surface area contributed by atoms with Crippen molar-refractivity contribution in [3.05, 3.63) is 40.4 Å². The van der Waals surface area contributed by atoms with Crippen molar-refractivity contribution in [1.82, 2.24) is 4.90 Å². The van der Waals surface area contributed by atoms with Gasteiger partial charge in [-0.15, -0.1) is 0 Å². The normalized spacial score (nSPS) is 18.5. The number of oxime groups is 1. The summed E-state index contributed by atoms with van der Waals surface area (Å²) in [6.45, 7) is 10.7. The fourth-order valence-electron chi connectivity index (χ4n) is 3.48. The molecule has 1 aliphatic rings. The molecule has 0 aliphatic heterocycles. The van der Waals surface area contributed by atoms with Gasteiger partial charge in [-0.3, -0.25) is 4.90 Å². The van der Waals surface area contributed by atoms with Gasteiger partial charge in [0.25, 0.3) is 0 Å². The SMILES string of the molecule is CC(C)N(CCCON=C1CCCC/C1=C\c1ccc(Cl)cc1)C(C)C. The Morgan fingerprint density at radius 3 is 2.38 bits per heavy atom. The Bertz CT molecular complexity index is 597. The number of rotatable bonds is 8. The molecule has 0 radical (unpaired) electrons. The molecule has 0 atom stereocenters. The summed E-state index contributed by atoms with van der Waals surface area (Å²) in [5, 5.41) is 5.24. The highest BCUT2D eigenvalue weighted by molar-refractivity contribution is 6.30. The maximum atomic E-state index is 5.97. The molecule has 0 unspecified atom stereocenters. The first kappa shape index (κ1) is 21.0. The fraction of sp³-hybridized carbons (Fsp3) is 0.591. The largest absolute Gasteiger partial charge is 0.396 e. The highest BCUT2D eigenvalue weighted by Crippen LogP contribution is 2.24. The van der Waals surface area contributed by atoms with Crippen LogP contribution in [0.25, 0.3) is 6.08 Å². The average Bonchev–Trinajstić information content (AvgIpc) is 2.60. The Morgan fingerprint density at radius 2 is 1.73 bits per heavy atom. The predicted molar refractivity (Wildman–Crippen MR) is 113 cm³/mol. The molecule has 4 heteroatoms. The third-order valence-corrected chi connectivity index (χ3v) is 5.10. The van der Waals surface area contributed by atoms with Crippen LogP contribution in [-0.2, 0) is 4.84 Å². The van der Waals surface area contributed by atoms with E-state index in [1.165, 1.54) is 24.0 Å². The molecule has 1 aromatic rings. The smallest absolute Gasteiger partial charge is 0.118 e. The molecule has 0 N–H and O–H groups in total. The Balaban J connectivity index is 1.89. The maximum Gasteiger partial charge on any atom is 0.118 e. The first-order valence-electron chi connectivity index (χ1n) is 9.88. The second kappa shape index (κ2) is 10.7. The minimum atomic E-state index is 0.563. The number of hydrogen-bond acceptors (Lipinski definition) is 3. The van der Waals surface area contributed by atoms with E-state index in [1.54, 1.807) is 0 Å². The van der Waals surface area contributed by atoms with Crippen LogP contribution in [0.15, 0.2) is 35.0 Å². The van der Waals surface area contributed by atoms with Crippen LogP contribution in [0.1, 0.15) is 65.4 Å². The van der Waals surface area contributed by atoms with E-state index in [9.17, 15) is 0 Å². The monoisotopic (exact) mass is 376 g/mol. The average molecular weight is 377 g/mol. The van der Waals surface area contributed by atoms with Gasteiger partial charge in [0.05, 0.1) is 5.71 Å². The van der Waals surface area contributed by atoms with Crippen LogP contribution in [0, 0.1) is 0 Å². The summed E-state index contributed by atoms with van der Waals surface area (Å²) in [5.41, 5.74) is 3.57. The standard InChI is InChI=1S/C22H33ClN2O/c1-17(2)25(18(3)4)14-7-15-26-24-22-9-6-5-8-20(22)16-19-10-12-21(23)13-11-19/h10-13,16-18H,5-9,14-15H2,1-4H3/b20-16+,24-22?. The van der Waals surface area contributed by atoms with Gasteiger partial charge >= 0.3 is 0 Å². The van der Waals surface area contributed by atoms with E-state index in [-0.39, 0.29) is 0 Å². The molecule has 2 rings (SSSR count). The molecule has 1 aliphatic carbocycles.